The Kier molecular flexibility index (Phi) is 7.15. The van der Waals surface area contributed by atoms with E-state index in [1.54, 1.807) is 7.11 Å². The predicted octanol–water partition coefficient (Wildman–Crippen LogP) is 3.84. The number of hydrogen-bond acceptors (Lipinski definition) is 7. The second kappa shape index (κ2) is 10.5. The number of aromatic amines is 1. The van der Waals surface area contributed by atoms with Crippen LogP contribution in [0.3, 0.4) is 0 Å². The molecule has 2 aromatic heterocycles. The number of aromatic nitrogens is 5. The van der Waals surface area contributed by atoms with Crippen LogP contribution in [0.15, 0.2) is 29.1 Å². The van der Waals surface area contributed by atoms with Crippen LogP contribution in [0.25, 0.3) is 10.9 Å². The van der Waals surface area contributed by atoms with Crippen molar-refractivity contribution in [3.05, 3.63) is 46.0 Å². The molecule has 3 heterocycles. The summed E-state index contributed by atoms with van der Waals surface area (Å²) in [5, 5.41) is 13.9. The molecule has 1 aliphatic carbocycles. The lowest BCUT2D eigenvalue weighted by Gasteiger charge is -2.38. The molecule has 3 aromatic rings. The van der Waals surface area contributed by atoms with Gasteiger partial charge >= 0.3 is 0 Å². The number of pyridine rings is 1. The molecule has 2 atom stereocenters. The standard InChI is InChI=1S/C26H36N6O3/c1-17(2)24(25-28-29-30-32(25)16-22-9-6-12-35-22)31(20-7-4-5-8-20)15-19-13-18-14-21(34-3)10-11-23(18)27-26(19)33/h10-11,13-14,17,20,22,24H,4-9,12,15-16H2,1-3H3,(H,27,33)/t22-,24-/m1/s1. The fourth-order valence-electron chi connectivity index (χ4n) is 5.73. The molecule has 1 N–H and O–H groups in total. The van der Waals surface area contributed by atoms with E-state index < -0.39 is 0 Å². The average Bonchev–Trinajstić information content (AvgIpc) is 3.63. The van der Waals surface area contributed by atoms with Gasteiger partial charge in [0.25, 0.3) is 5.56 Å². The minimum atomic E-state index is -0.0490. The minimum absolute atomic E-state index is 0.00471. The maximum Gasteiger partial charge on any atom is 0.252 e. The molecule has 0 radical (unpaired) electrons. The maximum atomic E-state index is 13.1. The number of hydrogen-bond donors (Lipinski definition) is 1. The molecule has 1 saturated heterocycles. The second-order valence-corrected chi connectivity index (χ2v) is 10.2. The van der Waals surface area contributed by atoms with Gasteiger partial charge in [-0.3, -0.25) is 9.69 Å². The van der Waals surface area contributed by atoms with Crippen LogP contribution in [0.1, 0.15) is 69.8 Å². The molecular formula is C26H36N6O3. The summed E-state index contributed by atoms with van der Waals surface area (Å²) in [6.45, 7) is 6.45. The van der Waals surface area contributed by atoms with Crippen molar-refractivity contribution in [3.63, 3.8) is 0 Å². The Morgan fingerprint density at radius 3 is 2.74 bits per heavy atom. The minimum Gasteiger partial charge on any atom is -0.497 e. The molecule has 0 spiro atoms. The Morgan fingerprint density at radius 1 is 1.20 bits per heavy atom. The van der Waals surface area contributed by atoms with E-state index in [1.165, 1.54) is 12.8 Å². The number of tetrazole rings is 1. The summed E-state index contributed by atoms with van der Waals surface area (Å²) in [7, 11) is 1.66. The van der Waals surface area contributed by atoms with Crippen LogP contribution in [0, 0.1) is 5.92 Å². The number of nitrogens with one attached hydrogen (secondary N) is 1. The van der Waals surface area contributed by atoms with Crippen LogP contribution in [-0.4, -0.2) is 56.0 Å². The lowest BCUT2D eigenvalue weighted by Crippen LogP contribution is -2.41. The molecule has 1 aliphatic heterocycles. The van der Waals surface area contributed by atoms with E-state index in [2.05, 4.69) is 39.3 Å². The topological polar surface area (TPSA) is 98.2 Å². The van der Waals surface area contributed by atoms with Crippen LogP contribution in [0.5, 0.6) is 5.75 Å². The van der Waals surface area contributed by atoms with Crippen LogP contribution < -0.4 is 10.3 Å². The molecule has 188 valence electrons. The van der Waals surface area contributed by atoms with E-state index in [0.717, 1.165) is 60.3 Å². The first-order chi connectivity index (χ1) is 17.0. The van der Waals surface area contributed by atoms with Crippen LogP contribution in [0.2, 0.25) is 0 Å². The third kappa shape index (κ3) is 5.11. The Hall–Kier alpha value is -2.78. The van der Waals surface area contributed by atoms with Crippen molar-refractivity contribution >= 4 is 10.9 Å². The van der Waals surface area contributed by atoms with Crippen molar-refractivity contribution in [3.8, 4) is 5.75 Å². The summed E-state index contributed by atoms with van der Waals surface area (Å²) in [5.41, 5.74) is 1.52. The molecule has 1 saturated carbocycles. The summed E-state index contributed by atoms with van der Waals surface area (Å²) in [4.78, 5) is 18.7. The van der Waals surface area contributed by atoms with Gasteiger partial charge in [0.15, 0.2) is 5.82 Å². The van der Waals surface area contributed by atoms with E-state index in [0.29, 0.717) is 19.1 Å². The summed E-state index contributed by atoms with van der Waals surface area (Å²) in [6, 6.07) is 8.11. The first kappa shape index (κ1) is 23.9. The van der Waals surface area contributed by atoms with E-state index in [4.69, 9.17) is 9.47 Å². The molecule has 0 amide bonds. The van der Waals surface area contributed by atoms with Crippen molar-refractivity contribution in [2.24, 2.45) is 5.92 Å². The number of methoxy groups -OCH3 is 1. The molecule has 1 aromatic carbocycles. The molecule has 0 bridgehead atoms. The molecule has 2 aliphatic rings. The Bertz CT molecular complexity index is 1190. The number of ether oxygens (including phenoxy) is 2. The van der Waals surface area contributed by atoms with E-state index >= 15 is 0 Å². The summed E-state index contributed by atoms with van der Waals surface area (Å²) in [5.74, 6) is 1.90. The first-order valence-electron chi connectivity index (χ1n) is 12.9. The maximum absolute atomic E-state index is 13.1. The molecular weight excluding hydrogens is 444 g/mol. The number of benzene rings is 1. The Morgan fingerprint density at radius 2 is 2.03 bits per heavy atom. The zero-order chi connectivity index (χ0) is 24.4. The third-order valence-corrected chi connectivity index (χ3v) is 7.49. The molecule has 9 nitrogen and oxygen atoms in total. The smallest absolute Gasteiger partial charge is 0.252 e. The predicted molar refractivity (Wildman–Crippen MR) is 133 cm³/mol. The van der Waals surface area contributed by atoms with E-state index in [9.17, 15) is 4.79 Å². The largest absolute Gasteiger partial charge is 0.497 e. The van der Waals surface area contributed by atoms with E-state index in [1.807, 2.05) is 28.9 Å². The Labute approximate surface area is 205 Å². The van der Waals surface area contributed by atoms with Crippen LogP contribution >= 0.6 is 0 Å². The highest BCUT2D eigenvalue weighted by Gasteiger charge is 2.36. The first-order valence-corrected chi connectivity index (χ1v) is 12.9. The fourth-order valence-corrected chi connectivity index (χ4v) is 5.73. The Balaban J connectivity index is 1.51. The molecule has 9 heteroatoms. The van der Waals surface area contributed by atoms with Gasteiger partial charge in [-0.1, -0.05) is 26.7 Å². The highest BCUT2D eigenvalue weighted by Crippen LogP contribution is 2.36. The van der Waals surface area contributed by atoms with Gasteiger partial charge in [0.1, 0.15) is 5.75 Å². The van der Waals surface area contributed by atoms with Gasteiger partial charge in [0, 0.05) is 35.7 Å². The number of rotatable bonds is 9. The average molecular weight is 481 g/mol. The number of H-pyrrole nitrogens is 1. The fraction of sp³-hybridized carbons (Fsp3) is 0.615. The van der Waals surface area contributed by atoms with Gasteiger partial charge in [-0.15, -0.1) is 5.10 Å². The van der Waals surface area contributed by atoms with Gasteiger partial charge in [0.05, 0.1) is 25.8 Å². The highest BCUT2D eigenvalue weighted by atomic mass is 16.5. The number of nitrogens with zero attached hydrogens (tertiary/aromatic N) is 5. The van der Waals surface area contributed by atoms with Crippen molar-refractivity contribution in [1.82, 2.24) is 30.1 Å². The number of fused-ring (bicyclic) bond motifs is 1. The van der Waals surface area contributed by atoms with Gasteiger partial charge < -0.3 is 14.5 Å². The van der Waals surface area contributed by atoms with Gasteiger partial charge in [-0.05, 0) is 66.3 Å². The summed E-state index contributed by atoms with van der Waals surface area (Å²) in [6.07, 6.45) is 6.93. The normalized spacial score (nSPS) is 19.9. The highest BCUT2D eigenvalue weighted by molar-refractivity contribution is 5.80. The monoisotopic (exact) mass is 480 g/mol. The van der Waals surface area contributed by atoms with Crippen molar-refractivity contribution in [2.75, 3.05) is 13.7 Å². The van der Waals surface area contributed by atoms with Crippen molar-refractivity contribution < 1.29 is 9.47 Å². The van der Waals surface area contributed by atoms with E-state index in [-0.39, 0.29) is 23.6 Å². The molecule has 2 fully saturated rings. The third-order valence-electron chi connectivity index (χ3n) is 7.49. The van der Waals surface area contributed by atoms with Gasteiger partial charge in [-0.2, -0.15) is 0 Å². The molecule has 5 rings (SSSR count). The lowest BCUT2D eigenvalue weighted by molar-refractivity contribution is 0.0718. The lowest BCUT2D eigenvalue weighted by atomic mass is 9.97. The van der Waals surface area contributed by atoms with Crippen LogP contribution in [0.4, 0.5) is 0 Å². The van der Waals surface area contributed by atoms with Crippen LogP contribution in [-0.2, 0) is 17.8 Å². The van der Waals surface area contributed by atoms with Gasteiger partial charge in [0.2, 0.25) is 0 Å². The van der Waals surface area contributed by atoms with Gasteiger partial charge in [-0.25, -0.2) is 4.68 Å². The van der Waals surface area contributed by atoms with Crippen molar-refractivity contribution in [1.29, 1.82) is 0 Å². The summed E-state index contributed by atoms with van der Waals surface area (Å²) >= 11 is 0. The molecule has 35 heavy (non-hydrogen) atoms. The zero-order valence-corrected chi connectivity index (χ0v) is 20.9. The zero-order valence-electron chi connectivity index (χ0n) is 20.9. The SMILES string of the molecule is COc1ccc2[nH]c(=O)c(CN(C3CCCC3)[C@@H](c3nnnn3C[C@H]3CCCO3)C(C)C)cc2c1. The van der Waals surface area contributed by atoms with Crippen molar-refractivity contribution in [2.45, 2.75) is 83.6 Å². The second-order valence-electron chi connectivity index (χ2n) is 10.2. The summed E-state index contributed by atoms with van der Waals surface area (Å²) < 4.78 is 13.2. The molecule has 0 unspecified atom stereocenters. The quantitative estimate of drug-likeness (QED) is 0.497.